The van der Waals surface area contributed by atoms with Crippen LogP contribution in [0.15, 0.2) is 42.5 Å². The molecule has 5 nitrogen and oxygen atoms in total. The average molecular weight is 353 g/mol. The largest absolute Gasteiger partial charge is 0.494 e. The Bertz CT molecular complexity index is 896. The number of aliphatic hydroxyl groups excluding tert-OH is 1. The van der Waals surface area contributed by atoms with E-state index < -0.39 is 0 Å². The van der Waals surface area contributed by atoms with Crippen molar-refractivity contribution >= 4 is 16.9 Å². The van der Waals surface area contributed by atoms with Crippen LogP contribution >= 0.6 is 0 Å². The zero-order valence-corrected chi connectivity index (χ0v) is 15.0. The fourth-order valence-electron chi connectivity index (χ4n) is 2.91. The van der Waals surface area contributed by atoms with E-state index >= 15 is 0 Å². The van der Waals surface area contributed by atoms with Crippen molar-refractivity contribution in [2.75, 3.05) is 13.2 Å². The summed E-state index contributed by atoms with van der Waals surface area (Å²) in [5, 5.41) is 10.2. The molecule has 0 saturated heterocycles. The van der Waals surface area contributed by atoms with Gasteiger partial charge in [0.2, 0.25) is 0 Å². The number of benzene rings is 2. The van der Waals surface area contributed by atoms with Gasteiger partial charge in [-0.3, -0.25) is 0 Å². The number of esters is 1. The number of rotatable bonds is 7. The molecule has 26 heavy (non-hydrogen) atoms. The molecule has 0 spiro atoms. The maximum absolute atomic E-state index is 12.5. The highest BCUT2D eigenvalue weighted by Crippen LogP contribution is 2.35. The summed E-state index contributed by atoms with van der Waals surface area (Å²) in [6.45, 7) is 4.77. The molecule has 3 aromatic rings. The molecule has 0 bridgehead atoms. The van der Waals surface area contributed by atoms with Crippen molar-refractivity contribution in [3.05, 3.63) is 53.7 Å². The summed E-state index contributed by atoms with van der Waals surface area (Å²) in [6, 6.07) is 13.2. The van der Waals surface area contributed by atoms with Crippen molar-refractivity contribution in [3.8, 4) is 16.9 Å². The molecule has 0 unspecified atom stereocenters. The van der Waals surface area contributed by atoms with Gasteiger partial charge in [0.25, 0.3) is 0 Å². The number of nitrogens with one attached hydrogen (secondary N) is 1. The van der Waals surface area contributed by atoms with Gasteiger partial charge < -0.3 is 19.6 Å². The predicted octanol–water partition coefficient (Wildman–Crippen LogP) is 4.29. The van der Waals surface area contributed by atoms with Gasteiger partial charge >= 0.3 is 5.97 Å². The van der Waals surface area contributed by atoms with E-state index in [0.717, 1.165) is 39.8 Å². The summed E-state index contributed by atoms with van der Waals surface area (Å²) in [4.78, 5) is 15.6. The number of carbonyl (C=O) groups is 1. The number of fused-ring (bicyclic) bond motifs is 1. The van der Waals surface area contributed by atoms with Crippen LogP contribution in [-0.4, -0.2) is 29.3 Å². The van der Waals surface area contributed by atoms with Crippen LogP contribution in [0.25, 0.3) is 22.0 Å². The highest BCUT2D eigenvalue weighted by atomic mass is 16.5. The molecule has 0 amide bonds. The van der Waals surface area contributed by atoms with E-state index in [-0.39, 0.29) is 12.6 Å². The van der Waals surface area contributed by atoms with Gasteiger partial charge in [-0.15, -0.1) is 0 Å². The Hall–Kier alpha value is -2.79. The molecule has 136 valence electrons. The number of carbonyl (C=O) groups excluding carboxylic acids is 1. The van der Waals surface area contributed by atoms with Gasteiger partial charge in [-0.1, -0.05) is 31.2 Å². The van der Waals surface area contributed by atoms with E-state index in [0.29, 0.717) is 18.9 Å². The zero-order chi connectivity index (χ0) is 18.5. The second-order valence-electron chi connectivity index (χ2n) is 6.01. The number of hydrogen-bond acceptors (Lipinski definition) is 4. The Kier molecular flexibility index (Phi) is 5.58. The quantitative estimate of drug-likeness (QED) is 0.622. The Balaban J connectivity index is 2.16. The first-order valence-electron chi connectivity index (χ1n) is 8.83. The minimum absolute atomic E-state index is 0.0199. The molecule has 1 aromatic heterocycles. The lowest BCUT2D eigenvalue weighted by atomic mass is 10.0. The lowest BCUT2D eigenvalue weighted by Gasteiger charge is -2.07. The van der Waals surface area contributed by atoms with Crippen LogP contribution in [0, 0.1) is 0 Å². The number of aliphatic hydroxyl groups is 1. The molecular weight excluding hydrogens is 330 g/mol. The Morgan fingerprint density at radius 1 is 1.12 bits per heavy atom. The first kappa shape index (κ1) is 18.0. The molecule has 0 atom stereocenters. The fraction of sp³-hybridized carbons (Fsp3) is 0.286. The molecule has 0 aliphatic heterocycles. The topological polar surface area (TPSA) is 71.6 Å². The van der Waals surface area contributed by atoms with E-state index in [1.54, 1.807) is 6.92 Å². The van der Waals surface area contributed by atoms with Gasteiger partial charge in [0, 0.05) is 16.5 Å². The number of ether oxygens (including phenoxy) is 2. The molecule has 0 aliphatic carbocycles. The summed E-state index contributed by atoms with van der Waals surface area (Å²) < 4.78 is 11.0. The van der Waals surface area contributed by atoms with E-state index in [2.05, 4.69) is 11.9 Å². The summed E-state index contributed by atoms with van der Waals surface area (Å²) in [5.74, 6) is 0.378. The normalized spacial score (nSPS) is 10.9. The molecule has 3 rings (SSSR count). The first-order chi connectivity index (χ1) is 12.7. The standard InChI is InChI=1S/C21H23NO4/c1-3-11-26-16-9-10-18-17(12-16)19(20(22-18)21(24)25-4-2)15-7-5-14(13-23)6-8-15/h5-10,12,22-23H,3-4,11,13H2,1-2H3. The third kappa shape index (κ3) is 3.58. The first-order valence-corrected chi connectivity index (χ1v) is 8.83. The number of aromatic nitrogens is 1. The zero-order valence-electron chi connectivity index (χ0n) is 15.0. The van der Waals surface area contributed by atoms with Crippen LogP contribution in [0.4, 0.5) is 0 Å². The van der Waals surface area contributed by atoms with Gasteiger partial charge in [-0.2, -0.15) is 0 Å². The van der Waals surface area contributed by atoms with Crippen molar-refractivity contribution in [3.63, 3.8) is 0 Å². The van der Waals surface area contributed by atoms with Crippen LogP contribution in [0.3, 0.4) is 0 Å². The number of aromatic amines is 1. The third-order valence-corrected chi connectivity index (χ3v) is 4.15. The van der Waals surface area contributed by atoms with Crippen LogP contribution in [0.1, 0.15) is 36.3 Å². The van der Waals surface area contributed by atoms with Crippen molar-refractivity contribution < 1.29 is 19.4 Å². The molecule has 0 saturated carbocycles. The molecule has 1 heterocycles. The predicted molar refractivity (Wildman–Crippen MR) is 101 cm³/mol. The Morgan fingerprint density at radius 3 is 2.54 bits per heavy atom. The SMILES string of the molecule is CCCOc1ccc2[nH]c(C(=O)OCC)c(-c3ccc(CO)cc3)c2c1. The maximum atomic E-state index is 12.5. The third-order valence-electron chi connectivity index (χ3n) is 4.15. The van der Waals surface area contributed by atoms with Crippen molar-refractivity contribution in [2.45, 2.75) is 26.9 Å². The summed E-state index contributed by atoms with van der Waals surface area (Å²) >= 11 is 0. The van der Waals surface area contributed by atoms with E-state index in [9.17, 15) is 9.90 Å². The highest BCUT2D eigenvalue weighted by Gasteiger charge is 2.20. The van der Waals surface area contributed by atoms with E-state index in [4.69, 9.17) is 9.47 Å². The van der Waals surface area contributed by atoms with E-state index in [1.165, 1.54) is 0 Å². The van der Waals surface area contributed by atoms with Crippen LogP contribution in [0.2, 0.25) is 0 Å². The number of hydrogen-bond donors (Lipinski definition) is 2. The molecule has 0 radical (unpaired) electrons. The van der Waals surface area contributed by atoms with Crippen LogP contribution < -0.4 is 4.74 Å². The highest BCUT2D eigenvalue weighted by molar-refractivity contribution is 6.08. The van der Waals surface area contributed by atoms with Gasteiger partial charge in [-0.25, -0.2) is 4.79 Å². The fourth-order valence-corrected chi connectivity index (χ4v) is 2.91. The molecule has 0 fully saturated rings. The lowest BCUT2D eigenvalue weighted by Crippen LogP contribution is -2.06. The molecule has 5 heteroatoms. The second kappa shape index (κ2) is 8.06. The van der Waals surface area contributed by atoms with Gasteiger partial charge in [0.15, 0.2) is 0 Å². The Morgan fingerprint density at radius 2 is 1.88 bits per heavy atom. The van der Waals surface area contributed by atoms with Crippen LogP contribution in [0.5, 0.6) is 5.75 Å². The lowest BCUT2D eigenvalue weighted by molar-refractivity contribution is 0.0521. The monoisotopic (exact) mass is 353 g/mol. The summed E-state index contributed by atoms with van der Waals surface area (Å²) in [7, 11) is 0. The van der Waals surface area contributed by atoms with Crippen molar-refractivity contribution in [1.82, 2.24) is 4.98 Å². The number of H-pyrrole nitrogens is 1. The molecule has 0 aliphatic rings. The van der Waals surface area contributed by atoms with Crippen molar-refractivity contribution in [2.24, 2.45) is 0 Å². The molecular formula is C21H23NO4. The average Bonchev–Trinajstić information content (AvgIpc) is 3.05. The summed E-state index contributed by atoms with van der Waals surface area (Å²) in [6.07, 6.45) is 0.925. The van der Waals surface area contributed by atoms with E-state index in [1.807, 2.05) is 42.5 Å². The second-order valence-corrected chi connectivity index (χ2v) is 6.01. The molecule has 2 aromatic carbocycles. The smallest absolute Gasteiger partial charge is 0.355 e. The van der Waals surface area contributed by atoms with Gasteiger partial charge in [-0.05, 0) is 42.7 Å². The van der Waals surface area contributed by atoms with Gasteiger partial charge in [0.1, 0.15) is 11.4 Å². The van der Waals surface area contributed by atoms with Crippen LogP contribution in [-0.2, 0) is 11.3 Å². The minimum atomic E-state index is -0.388. The summed E-state index contributed by atoms with van der Waals surface area (Å²) in [5.41, 5.74) is 3.75. The molecule has 2 N–H and O–H groups in total. The van der Waals surface area contributed by atoms with Crippen molar-refractivity contribution in [1.29, 1.82) is 0 Å². The minimum Gasteiger partial charge on any atom is -0.494 e. The maximum Gasteiger partial charge on any atom is 0.355 e. The Labute approximate surface area is 152 Å². The van der Waals surface area contributed by atoms with Gasteiger partial charge in [0.05, 0.1) is 19.8 Å².